The van der Waals surface area contributed by atoms with E-state index in [-0.39, 0.29) is 23.1 Å². The van der Waals surface area contributed by atoms with Crippen LogP contribution in [0.25, 0.3) is 0 Å². The van der Waals surface area contributed by atoms with Crippen LogP contribution in [-0.2, 0) is 9.59 Å². The van der Waals surface area contributed by atoms with Gasteiger partial charge in [0.2, 0.25) is 11.8 Å². The van der Waals surface area contributed by atoms with Gasteiger partial charge < -0.3 is 0 Å². The summed E-state index contributed by atoms with van der Waals surface area (Å²) < 4.78 is 0. The molecule has 0 aliphatic carbocycles. The summed E-state index contributed by atoms with van der Waals surface area (Å²) >= 11 is 5.71. The van der Waals surface area contributed by atoms with Gasteiger partial charge in [0.05, 0.1) is 0 Å². The molecule has 0 aromatic heterocycles. The Morgan fingerprint density at radius 2 is 1.68 bits per heavy atom. The number of hydrogen-bond acceptors (Lipinski definition) is 2. The molecule has 0 bridgehead atoms. The highest BCUT2D eigenvalue weighted by Crippen LogP contribution is 2.34. The predicted molar refractivity (Wildman–Crippen MR) is 80.1 cm³/mol. The molecule has 4 heteroatoms. The van der Waals surface area contributed by atoms with E-state index in [9.17, 15) is 9.59 Å². The summed E-state index contributed by atoms with van der Waals surface area (Å²) in [5.41, 5.74) is -0.482. The molecule has 3 nitrogen and oxygen atoms in total. The normalized spacial score (nSPS) is 14.1. The number of halogens is 1. The van der Waals surface area contributed by atoms with E-state index in [1.165, 1.54) is 0 Å². The number of carbonyl (C=O) groups excluding carboxylic acids is 2. The molecule has 0 aromatic rings. The van der Waals surface area contributed by atoms with E-state index in [1.807, 2.05) is 0 Å². The Morgan fingerprint density at radius 1 is 1.16 bits per heavy atom. The van der Waals surface area contributed by atoms with Crippen LogP contribution in [0.15, 0.2) is 0 Å². The van der Waals surface area contributed by atoms with Crippen molar-refractivity contribution in [3.63, 3.8) is 0 Å². The van der Waals surface area contributed by atoms with Crippen molar-refractivity contribution < 1.29 is 9.59 Å². The highest BCUT2D eigenvalue weighted by molar-refractivity contribution is 6.17. The Kier molecular flexibility index (Phi) is 7.06. The predicted octanol–water partition coefficient (Wildman–Crippen LogP) is 3.75. The molecule has 0 aliphatic rings. The fourth-order valence-corrected chi connectivity index (χ4v) is 1.82. The van der Waals surface area contributed by atoms with Crippen LogP contribution >= 0.6 is 11.6 Å². The fourth-order valence-electron chi connectivity index (χ4n) is 1.69. The fraction of sp³-hybridized carbons (Fsp3) is 0.867. The molecule has 0 spiro atoms. The maximum absolute atomic E-state index is 11.9. The minimum Gasteiger partial charge on any atom is -0.296 e. The summed E-state index contributed by atoms with van der Waals surface area (Å²) in [6, 6.07) is 0. The Hall–Kier alpha value is -0.570. The largest absolute Gasteiger partial charge is 0.296 e. The maximum Gasteiger partial charge on any atom is 0.231 e. The zero-order chi connectivity index (χ0) is 15.3. The third-order valence-corrected chi connectivity index (χ3v) is 3.98. The lowest BCUT2D eigenvalue weighted by Gasteiger charge is -2.31. The lowest BCUT2D eigenvalue weighted by atomic mass is 9.75. The van der Waals surface area contributed by atoms with Crippen LogP contribution in [0.2, 0.25) is 0 Å². The molecular weight excluding hydrogens is 262 g/mol. The molecule has 1 unspecified atom stereocenters. The van der Waals surface area contributed by atoms with Crippen molar-refractivity contribution in [2.75, 3.05) is 5.88 Å². The lowest BCUT2D eigenvalue weighted by Crippen LogP contribution is -2.40. The lowest BCUT2D eigenvalue weighted by molar-refractivity contribution is -0.136. The second kappa shape index (κ2) is 7.28. The third-order valence-electron chi connectivity index (χ3n) is 3.71. The van der Waals surface area contributed by atoms with Crippen molar-refractivity contribution in [1.29, 1.82) is 0 Å². The van der Waals surface area contributed by atoms with Crippen molar-refractivity contribution in [1.82, 2.24) is 5.32 Å². The highest BCUT2D eigenvalue weighted by atomic mass is 35.5. The zero-order valence-corrected chi connectivity index (χ0v) is 13.9. The molecule has 0 rings (SSSR count). The zero-order valence-electron chi connectivity index (χ0n) is 13.1. The molecule has 2 amide bonds. The van der Waals surface area contributed by atoms with Crippen molar-refractivity contribution in [3.05, 3.63) is 0 Å². The van der Waals surface area contributed by atoms with Gasteiger partial charge in [0, 0.05) is 17.7 Å². The first-order chi connectivity index (χ1) is 8.50. The van der Waals surface area contributed by atoms with Crippen molar-refractivity contribution in [2.24, 2.45) is 16.7 Å². The highest BCUT2D eigenvalue weighted by Gasteiger charge is 2.29. The van der Waals surface area contributed by atoms with E-state index in [0.717, 1.165) is 12.8 Å². The molecular formula is C15H28ClNO2. The summed E-state index contributed by atoms with van der Waals surface area (Å²) in [6.07, 6.45) is 2.30. The van der Waals surface area contributed by atoms with Gasteiger partial charge in [0.25, 0.3) is 0 Å². The van der Waals surface area contributed by atoms with Gasteiger partial charge >= 0.3 is 0 Å². The Morgan fingerprint density at radius 3 is 2.11 bits per heavy atom. The van der Waals surface area contributed by atoms with Crippen molar-refractivity contribution in [2.45, 2.75) is 60.8 Å². The van der Waals surface area contributed by atoms with Crippen LogP contribution in [0.3, 0.4) is 0 Å². The number of alkyl halides is 1. The van der Waals surface area contributed by atoms with E-state index in [2.05, 4.69) is 26.1 Å². The molecule has 0 heterocycles. The Bertz CT molecular complexity index is 319. The van der Waals surface area contributed by atoms with Crippen LogP contribution in [-0.4, -0.2) is 17.7 Å². The molecule has 0 saturated carbocycles. The van der Waals surface area contributed by atoms with Gasteiger partial charge in [-0.15, -0.1) is 11.6 Å². The van der Waals surface area contributed by atoms with Gasteiger partial charge in [-0.05, 0) is 24.2 Å². The smallest absolute Gasteiger partial charge is 0.231 e. The second-order valence-corrected chi connectivity index (χ2v) is 7.39. The summed E-state index contributed by atoms with van der Waals surface area (Å²) in [5, 5.41) is 2.48. The number of carbonyl (C=O) groups is 2. The molecule has 0 aliphatic heterocycles. The monoisotopic (exact) mass is 289 g/mol. The minimum atomic E-state index is -0.535. The van der Waals surface area contributed by atoms with E-state index in [4.69, 9.17) is 11.6 Å². The molecule has 112 valence electrons. The van der Waals surface area contributed by atoms with E-state index >= 15 is 0 Å². The topological polar surface area (TPSA) is 46.2 Å². The van der Waals surface area contributed by atoms with Gasteiger partial charge in [-0.1, -0.05) is 41.5 Å². The van der Waals surface area contributed by atoms with E-state index < -0.39 is 5.41 Å². The molecule has 0 aromatic carbocycles. The SMILES string of the molecule is CC(CC(=O)NC(=O)C(C)(C)C)C(C)(C)CCCCl. The quantitative estimate of drug-likeness (QED) is 0.757. The van der Waals surface area contributed by atoms with Crippen LogP contribution in [0.4, 0.5) is 0 Å². The average Bonchev–Trinajstić information content (AvgIpc) is 2.24. The van der Waals surface area contributed by atoms with Crippen molar-refractivity contribution in [3.8, 4) is 0 Å². The number of rotatable bonds is 6. The number of nitrogens with one attached hydrogen (secondary N) is 1. The summed E-state index contributed by atoms with van der Waals surface area (Å²) in [7, 11) is 0. The van der Waals surface area contributed by atoms with Crippen molar-refractivity contribution >= 4 is 23.4 Å². The summed E-state index contributed by atoms with van der Waals surface area (Å²) in [6.45, 7) is 11.7. The average molecular weight is 290 g/mol. The van der Waals surface area contributed by atoms with Gasteiger partial charge in [-0.2, -0.15) is 0 Å². The van der Waals surface area contributed by atoms with Crippen LogP contribution in [0.1, 0.15) is 60.8 Å². The number of amides is 2. The Balaban J connectivity index is 4.37. The first-order valence-corrected chi connectivity index (χ1v) is 7.44. The van der Waals surface area contributed by atoms with Gasteiger partial charge in [-0.3, -0.25) is 14.9 Å². The molecule has 0 radical (unpaired) electrons. The third kappa shape index (κ3) is 6.95. The van der Waals surface area contributed by atoms with Gasteiger partial charge in [0.15, 0.2) is 0 Å². The first-order valence-electron chi connectivity index (χ1n) is 6.91. The number of imide groups is 1. The molecule has 1 N–H and O–H groups in total. The Labute approximate surface area is 122 Å². The van der Waals surface area contributed by atoms with Gasteiger partial charge in [0.1, 0.15) is 0 Å². The molecule has 19 heavy (non-hydrogen) atoms. The molecule has 0 saturated heterocycles. The van der Waals surface area contributed by atoms with E-state index in [1.54, 1.807) is 20.8 Å². The minimum absolute atomic E-state index is 0.0526. The van der Waals surface area contributed by atoms with Crippen LogP contribution in [0.5, 0.6) is 0 Å². The maximum atomic E-state index is 11.9. The van der Waals surface area contributed by atoms with E-state index in [0.29, 0.717) is 12.3 Å². The van der Waals surface area contributed by atoms with Crippen LogP contribution in [0, 0.1) is 16.7 Å². The first kappa shape index (κ1) is 18.4. The molecule has 1 atom stereocenters. The number of hydrogen-bond donors (Lipinski definition) is 1. The standard InChI is InChI=1S/C15H28ClNO2/c1-11(15(5,6)8-7-9-16)10-12(18)17-13(19)14(2,3)4/h11H,7-10H2,1-6H3,(H,17,18,19). The van der Waals surface area contributed by atoms with Crippen LogP contribution < -0.4 is 5.32 Å². The van der Waals surface area contributed by atoms with Gasteiger partial charge in [-0.25, -0.2) is 0 Å². The summed E-state index contributed by atoms with van der Waals surface area (Å²) in [4.78, 5) is 23.6. The summed E-state index contributed by atoms with van der Waals surface area (Å²) in [5.74, 6) is 0.448. The second-order valence-electron chi connectivity index (χ2n) is 7.01. The molecule has 0 fully saturated rings.